The van der Waals surface area contributed by atoms with Crippen molar-refractivity contribution in [1.82, 2.24) is 29.4 Å². The Kier molecular flexibility index (Phi) is 4.91. The van der Waals surface area contributed by atoms with E-state index < -0.39 is 0 Å². The van der Waals surface area contributed by atoms with Crippen molar-refractivity contribution >= 4 is 16.7 Å². The highest BCUT2D eigenvalue weighted by Gasteiger charge is 2.38. The Morgan fingerprint density at radius 3 is 2.75 bits per heavy atom. The number of fused-ring (bicyclic) bond motifs is 1. The third-order valence-electron chi connectivity index (χ3n) is 7.36. The molecule has 2 fully saturated rings. The van der Waals surface area contributed by atoms with E-state index in [-0.39, 0.29) is 0 Å². The second-order valence-corrected chi connectivity index (χ2v) is 9.37. The number of aromatic amines is 1. The molecule has 1 aromatic carbocycles. The van der Waals surface area contributed by atoms with Crippen molar-refractivity contribution in [1.29, 1.82) is 0 Å². The SMILES string of the molecule is c1ccc2c(CN3CCCC4(CCN(c5cc(-n6ccnc6)ncn5)CC4)C3)c[nH]c2c1. The molecule has 0 unspecified atom stereocenters. The number of likely N-dealkylation sites (tertiary alicyclic amines) is 1. The number of anilines is 1. The van der Waals surface area contributed by atoms with E-state index in [9.17, 15) is 0 Å². The van der Waals surface area contributed by atoms with E-state index in [1.54, 1.807) is 18.9 Å². The van der Waals surface area contributed by atoms with Crippen molar-refractivity contribution < 1.29 is 0 Å². The van der Waals surface area contributed by atoms with E-state index >= 15 is 0 Å². The normalized spacial score (nSPS) is 19.1. The molecule has 4 aromatic rings. The fraction of sp³-hybridized carbons (Fsp3) is 0.400. The van der Waals surface area contributed by atoms with Crippen LogP contribution in [0.25, 0.3) is 16.7 Å². The van der Waals surface area contributed by atoms with Crippen molar-refractivity contribution in [3.8, 4) is 5.82 Å². The number of hydrogen-bond donors (Lipinski definition) is 1. The molecule has 0 saturated carbocycles. The lowest BCUT2D eigenvalue weighted by atomic mass is 9.72. The van der Waals surface area contributed by atoms with Crippen molar-refractivity contribution in [3.05, 3.63) is 67.1 Å². The van der Waals surface area contributed by atoms with Crippen LogP contribution >= 0.6 is 0 Å². The molecule has 0 aliphatic carbocycles. The van der Waals surface area contributed by atoms with Crippen LogP contribution in [0.1, 0.15) is 31.2 Å². The van der Waals surface area contributed by atoms with E-state index in [1.165, 1.54) is 55.2 Å². The molecule has 1 N–H and O–H groups in total. The summed E-state index contributed by atoms with van der Waals surface area (Å²) in [6.45, 7) is 5.55. The fourth-order valence-electron chi connectivity index (χ4n) is 5.61. The average Bonchev–Trinajstić information content (AvgIpc) is 3.51. The van der Waals surface area contributed by atoms with Crippen molar-refractivity contribution in [3.63, 3.8) is 0 Å². The Hall–Kier alpha value is -3.19. The number of H-pyrrole nitrogens is 1. The standard InChI is InChI=1S/C25H29N7/c1-2-5-22-21(4-1)20(15-27-22)16-30-10-3-6-25(17-30)7-11-31(12-8-25)23-14-24(29-18-28-23)32-13-9-26-19-32/h1-2,4-5,9,13-15,18-19,27H,3,6-8,10-12,16-17H2. The minimum Gasteiger partial charge on any atom is -0.361 e. The Morgan fingerprint density at radius 2 is 1.88 bits per heavy atom. The van der Waals surface area contributed by atoms with Gasteiger partial charge in [0.25, 0.3) is 0 Å². The molecule has 3 aromatic heterocycles. The number of benzene rings is 1. The zero-order chi connectivity index (χ0) is 21.4. The largest absolute Gasteiger partial charge is 0.361 e. The number of rotatable bonds is 4. The first-order chi connectivity index (χ1) is 15.8. The molecule has 0 radical (unpaired) electrons. The number of nitrogens with one attached hydrogen (secondary N) is 1. The van der Waals surface area contributed by atoms with Crippen LogP contribution in [0.4, 0.5) is 5.82 Å². The molecule has 0 bridgehead atoms. The quantitative estimate of drug-likeness (QED) is 0.533. The van der Waals surface area contributed by atoms with Gasteiger partial charge in [0, 0.05) is 61.7 Å². The summed E-state index contributed by atoms with van der Waals surface area (Å²) >= 11 is 0. The Morgan fingerprint density at radius 1 is 1.00 bits per heavy atom. The van der Waals surface area contributed by atoms with Crippen LogP contribution in [0.3, 0.4) is 0 Å². The van der Waals surface area contributed by atoms with Gasteiger partial charge in [-0.1, -0.05) is 18.2 Å². The molecule has 0 atom stereocenters. The van der Waals surface area contributed by atoms with Gasteiger partial charge in [0.15, 0.2) is 0 Å². The predicted octanol–water partition coefficient (Wildman–Crippen LogP) is 4.03. The third-order valence-corrected chi connectivity index (χ3v) is 7.36. The second kappa shape index (κ2) is 8.06. The molecular formula is C25H29N7. The summed E-state index contributed by atoms with van der Waals surface area (Å²) in [7, 11) is 0. The molecule has 1 spiro atoms. The van der Waals surface area contributed by atoms with Gasteiger partial charge >= 0.3 is 0 Å². The van der Waals surface area contributed by atoms with E-state index in [1.807, 2.05) is 10.8 Å². The molecular weight excluding hydrogens is 398 g/mol. The summed E-state index contributed by atoms with van der Waals surface area (Å²) in [4.78, 5) is 21.6. The average molecular weight is 428 g/mol. The Balaban J connectivity index is 1.13. The highest BCUT2D eigenvalue weighted by Crippen LogP contribution is 2.41. The van der Waals surface area contributed by atoms with Gasteiger partial charge in [0.2, 0.25) is 0 Å². The number of piperidine rings is 2. The van der Waals surface area contributed by atoms with Crippen LogP contribution in [-0.2, 0) is 6.54 Å². The van der Waals surface area contributed by atoms with Gasteiger partial charge in [-0.25, -0.2) is 15.0 Å². The molecule has 0 amide bonds. The van der Waals surface area contributed by atoms with Gasteiger partial charge in [-0.3, -0.25) is 9.47 Å². The van der Waals surface area contributed by atoms with Gasteiger partial charge in [0.1, 0.15) is 24.3 Å². The Labute approximate surface area is 188 Å². The maximum atomic E-state index is 4.57. The summed E-state index contributed by atoms with van der Waals surface area (Å²) in [6.07, 6.45) is 14.4. The van der Waals surface area contributed by atoms with Gasteiger partial charge in [-0.2, -0.15) is 0 Å². The fourth-order valence-corrected chi connectivity index (χ4v) is 5.61. The van der Waals surface area contributed by atoms with Crippen LogP contribution in [0, 0.1) is 5.41 Å². The molecule has 32 heavy (non-hydrogen) atoms. The smallest absolute Gasteiger partial charge is 0.143 e. The minimum absolute atomic E-state index is 0.432. The highest BCUT2D eigenvalue weighted by atomic mass is 15.2. The summed E-state index contributed by atoms with van der Waals surface area (Å²) in [5, 5.41) is 1.36. The zero-order valence-corrected chi connectivity index (χ0v) is 18.3. The highest BCUT2D eigenvalue weighted by molar-refractivity contribution is 5.82. The second-order valence-electron chi connectivity index (χ2n) is 9.37. The lowest BCUT2D eigenvalue weighted by Crippen LogP contribution is -2.49. The van der Waals surface area contributed by atoms with Crippen LogP contribution in [0.2, 0.25) is 0 Å². The maximum absolute atomic E-state index is 4.57. The summed E-state index contributed by atoms with van der Waals surface area (Å²) < 4.78 is 1.93. The number of nitrogens with zero attached hydrogens (tertiary/aromatic N) is 6. The van der Waals surface area contributed by atoms with Gasteiger partial charge < -0.3 is 9.88 Å². The van der Waals surface area contributed by atoms with Gasteiger partial charge in [-0.15, -0.1) is 0 Å². The van der Waals surface area contributed by atoms with Crippen molar-refractivity contribution in [2.45, 2.75) is 32.2 Å². The molecule has 5 heterocycles. The van der Waals surface area contributed by atoms with Crippen LogP contribution in [0.5, 0.6) is 0 Å². The molecule has 2 aliphatic heterocycles. The van der Waals surface area contributed by atoms with Crippen LogP contribution in [-0.4, -0.2) is 55.6 Å². The topological polar surface area (TPSA) is 65.9 Å². The number of aromatic nitrogens is 5. The van der Waals surface area contributed by atoms with E-state index in [0.717, 1.165) is 31.3 Å². The molecule has 2 saturated heterocycles. The summed E-state index contributed by atoms with van der Waals surface area (Å²) in [5.74, 6) is 1.89. The lowest BCUT2D eigenvalue weighted by Gasteiger charge is -2.48. The molecule has 7 nitrogen and oxygen atoms in total. The van der Waals surface area contributed by atoms with E-state index in [4.69, 9.17) is 0 Å². The lowest BCUT2D eigenvalue weighted by molar-refractivity contribution is 0.0607. The van der Waals surface area contributed by atoms with Crippen LogP contribution in [0.15, 0.2) is 61.6 Å². The summed E-state index contributed by atoms with van der Waals surface area (Å²) in [5.41, 5.74) is 3.09. The van der Waals surface area contributed by atoms with Gasteiger partial charge in [-0.05, 0) is 49.3 Å². The number of para-hydroxylation sites is 1. The zero-order valence-electron chi connectivity index (χ0n) is 18.3. The minimum atomic E-state index is 0.432. The predicted molar refractivity (Wildman–Crippen MR) is 126 cm³/mol. The monoisotopic (exact) mass is 427 g/mol. The molecule has 6 rings (SSSR count). The number of imidazole rings is 1. The van der Waals surface area contributed by atoms with Gasteiger partial charge in [0.05, 0.1) is 0 Å². The first kappa shape index (κ1) is 19.5. The molecule has 7 heteroatoms. The molecule has 164 valence electrons. The number of hydrogen-bond acceptors (Lipinski definition) is 5. The van der Waals surface area contributed by atoms with Crippen LogP contribution < -0.4 is 4.90 Å². The first-order valence-electron chi connectivity index (χ1n) is 11.6. The maximum Gasteiger partial charge on any atom is 0.143 e. The summed E-state index contributed by atoms with van der Waals surface area (Å²) in [6, 6.07) is 10.7. The van der Waals surface area contributed by atoms with E-state index in [0.29, 0.717) is 5.41 Å². The molecule has 2 aliphatic rings. The third kappa shape index (κ3) is 3.66. The first-order valence-corrected chi connectivity index (χ1v) is 11.6. The van der Waals surface area contributed by atoms with Crippen molar-refractivity contribution in [2.75, 3.05) is 31.1 Å². The van der Waals surface area contributed by atoms with Crippen molar-refractivity contribution in [2.24, 2.45) is 5.41 Å². The Bertz CT molecular complexity index is 1190. The van der Waals surface area contributed by atoms with E-state index in [2.05, 4.69) is 66.3 Å².